The standard InChI is InChI=1S/C68H122O6/c1-4-7-10-13-16-19-22-25-27-29-30-31-32-33-34-35-36-37-38-39-41-43-46-49-52-55-58-61-67(70)73-64-65(63-72-66(69)60-57-54-51-48-45-42-24-21-18-15-12-9-6-3)74-68(71)62-59-56-53-50-47-44-40-28-26-23-20-17-14-11-8-5-2/h21-22,24-25,28-30,32-33,40,65H,4-20,23,26-27,31,34-39,41-64H2,1-3H3/b24-21-,25-22-,30-29-,33-32-,40-28-. The van der Waals surface area contributed by atoms with E-state index in [9.17, 15) is 14.4 Å². The minimum atomic E-state index is -0.782. The Bertz CT molecular complexity index is 1330. The Morgan fingerprint density at radius 2 is 0.486 bits per heavy atom. The summed E-state index contributed by atoms with van der Waals surface area (Å²) in [6.07, 6.45) is 79.4. The maximum Gasteiger partial charge on any atom is 0.306 e. The molecule has 0 spiro atoms. The molecule has 0 radical (unpaired) electrons. The SMILES string of the molecule is CCCCCC/C=C\CCCCCCCC(=O)OCC(COC(=O)CCCCCCCCCCCCCC/C=C\C/C=C\C/C=C\CCCCCCC)OC(=O)CCCCCCC/C=C\CCCCCCCCC. The third kappa shape index (κ3) is 60.0. The van der Waals surface area contributed by atoms with Crippen molar-refractivity contribution in [1.29, 1.82) is 0 Å². The average Bonchev–Trinajstić information content (AvgIpc) is 3.40. The third-order valence-electron chi connectivity index (χ3n) is 14.2. The van der Waals surface area contributed by atoms with Crippen molar-refractivity contribution in [2.45, 2.75) is 341 Å². The normalized spacial score (nSPS) is 12.4. The van der Waals surface area contributed by atoms with E-state index in [0.717, 1.165) is 89.9 Å². The topological polar surface area (TPSA) is 78.9 Å². The molecular weight excluding hydrogens is 913 g/mol. The van der Waals surface area contributed by atoms with Gasteiger partial charge in [-0.25, -0.2) is 0 Å². The lowest BCUT2D eigenvalue weighted by atomic mass is 10.0. The van der Waals surface area contributed by atoms with Crippen LogP contribution in [0.2, 0.25) is 0 Å². The maximum atomic E-state index is 12.9. The summed E-state index contributed by atoms with van der Waals surface area (Å²) in [5, 5.41) is 0. The maximum absolute atomic E-state index is 12.9. The van der Waals surface area contributed by atoms with Gasteiger partial charge < -0.3 is 14.2 Å². The molecule has 430 valence electrons. The molecule has 0 rings (SSSR count). The van der Waals surface area contributed by atoms with Gasteiger partial charge in [0.05, 0.1) is 0 Å². The first-order valence-electron chi connectivity index (χ1n) is 32.3. The summed E-state index contributed by atoms with van der Waals surface area (Å²) >= 11 is 0. The summed E-state index contributed by atoms with van der Waals surface area (Å²) in [6, 6.07) is 0. The van der Waals surface area contributed by atoms with Crippen molar-refractivity contribution in [2.24, 2.45) is 0 Å². The van der Waals surface area contributed by atoms with Crippen molar-refractivity contribution < 1.29 is 28.6 Å². The minimum Gasteiger partial charge on any atom is -0.462 e. The fourth-order valence-corrected chi connectivity index (χ4v) is 9.32. The van der Waals surface area contributed by atoms with Crippen molar-refractivity contribution in [3.05, 3.63) is 60.8 Å². The predicted molar refractivity (Wildman–Crippen MR) is 321 cm³/mol. The van der Waals surface area contributed by atoms with Crippen LogP contribution in [0.1, 0.15) is 335 Å². The van der Waals surface area contributed by atoms with Gasteiger partial charge in [0.25, 0.3) is 0 Å². The Balaban J connectivity index is 4.26. The van der Waals surface area contributed by atoms with E-state index >= 15 is 0 Å². The van der Waals surface area contributed by atoms with E-state index in [2.05, 4.69) is 81.5 Å². The molecule has 0 aliphatic carbocycles. The number of allylic oxidation sites excluding steroid dienone is 10. The second-order valence-electron chi connectivity index (χ2n) is 21.7. The lowest BCUT2D eigenvalue weighted by Crippen LogP contribution is -2.30. The van der Waals surface area contributed by atoms with E-state index < -0.39 is 6.10 Å². The van der Waals surface area contributed by atoms with Crippen LogP contribution in [0.25, 0.3) is 0 Å². The van der Waals surface area contributed by atoms with Gasteiger partial charge in [0.1, 0.15) is 13.2 Å². The van der Waals surface area contributed by atoms with Crippen molar-refractivity contribution in [1.82, 2.24) is 0 Å². The highest BCUT2D eigenvalue weighted by Gasteiger charge is 2.19. The number of esters is 3. The summed E-state index contributed by atoms with van der Waals surface area (Å²) in [5.41, 5.74) is 0. The van der Waals surface area contributed by atoms with E-state index in [4.69, 9.17) is 14.2 Å². The van der Waals surface area contributed by atoms with E-state index in [-0.39, 0.29) is 31.1 Å². The molecule has 0 fully saturated rings. The molecule has 6 nitrogen and oxygen atoms in total. The lowest BCUT2D eigenvalue weighted by Gasteiger charge is -2.18. The minimum absolute atomic E-state index is 0.0792. The summed E-state index contributed by atoms with van der Waals surface area (Å²) in [6.45, 7) is 6.63. The van der Waals surface area contributed by atoms with Crippen LogP contribution in [0, 0.1) is 0 Å². The van der Waals surface area contributed by atoms with E-state index in [1.807, 2.05) is 0 Å². The molecule has 0 heterocycles. The fourth-order valence-electron chi connectivity index (χ4n) is 9.32. The van der Waals surface area contributed by atoms with Crippen LogP contribution in [0.3, 0.4) is 0 Å². The Labute approximate surface area is 460 Å². The largest absolute Gasteiger partial charge is 0.462 e. The van der Waals surface area contributed by atoms with Crippen molar-refractivity contribution >= 4 is 17.9 Å². The van der Waals surface area contributed by atoms with Crippen LogP contribution < -0.4 is 0 Å². The zero-order valence-corrected chi connectivity index (χ0v) is 49.4. The first kappa shape index (κ1) is 71.1. The molecular formula is C68H122O6. The zero-order valence-electron chi connectivity index (χ0n) is 49.4. The number of unbranched alkanes of at least 4 members (excludes halogenated alkanes) is 38. The highest BCUT2D eigenvalue weighted by Crippen LogP contribution is 2.16. The van der Waals surface area contributed by atoms with Crippen LogP contribution in [-0.4, -0.2) is 37.2 Å². The van der Waals surface area contributed by atoms with Crippen molar-refractivity contribution in [3.63, 3.8) is 0 Å². The van der Waals surface area contributed by atoms with E-state index in [1.54, 1.807) is 0 Å². The predicted octanol–water partition coefficient (Wildman–Crippen LogP) is 21.9. The Morgan fingerprint density at radius 1 is 0.270 bits per heavy atom. The van der Waals surface area contributed by atoms with Crippen LogP contribution in [0.4, 0.5) is 0 Å². The molecule has 74 heavy (non-hydrogen) atoms. The average molecular weight is 1040 g/mol. The molecule has 0 N–H and O–H groups in total. The van der Waals surface area contributed by atoms with Gasteiger partial charge in [0.15, 0.2) is 6.10 Å². The number of hydrogen-bond acceptors (Lipinski definition) is 6. The van der Waals surface area contributed by atoms with Gasteiger partial charge in [-0.3, -0.25) is 14.4 Å². The Kier molecular flexibility index (Phi) is 60.2. The van der Waals surface area contributed by atoms with Gasteiger partial charge in [-0.2, -0.15) is 0 Å². The summed E-state index contributed by atoms with van der Waals surface area (Å²) in [7, 11) is 0. The Morgan fingerprint density at radius 3 is 0.784 bits per heavy atom. The number of ether oxygens (including phenoxy) is 3. The first-order chi connectivity index (χ1) is 36.5. The molecule has 0 amide bonds. The molecule has 0 bridgehead atoms. The number of carbonyl (C=O) groups excluding carboxylic acids is 3. The quantitative estimate of drug-likeness (QED) is 0.0261. The van der Waals surface area contributed by atoms with Gasteiger partial charge in [0.2, 0.25) is 0 Å². The van der Waals surface area contributed by atoms with Crippen molar-refractivity contribution in [3.8, 4) is 0 Å². The second kappa shape index (κ2) is 62.6. The third-order valence-corrected chi connectivity index (χ3v) is 14.2. The number of hydrogen-bond donors (Lipinski definition) is 0. The van der Waals surface area contributed by atoms with Crippen LogP contribution in [0.5, 0.6) is 0 Å². The van der Waals surface area contributed by atoms with Gasteiger partial charge in [-0.05, 0) is 109 Å². The highest BCUT2D eigenvalue weighted by molar-refractivity contribution is 5.71. The van der Waals surface area contributed by atoms with Crippen molar-refractivity contribution in [2.75, 3.05) is 13.2 Å². The molecule has 0 aliphatic rings. The molecule has 0 saturated heterocycles. The highest BCUT2D eigenvalue weighted by atomic mass is 16.6. The summed E-state index contributed by atoms with van der Waals surface area (Å²) in [4.78, 5) is 38.3. The first-order valence-corrected chi connectivity index (χ1v) is 32.3. The lowest BCUT2D eigenvalue weighted by molar-refractivity contribution is -0.167. The zero-order chi connectivity index (χ0) is 53.6. The monoisotopic (exact) mass is 1030 g/mol. The second-order valence-corrected chi connectivity index (χ2v) is 21.7. The smallest absolute Gasteiger partial charge is 0.306 e. The fraction of sp³-hybridized carbons (Fsp3) is 0.809. The van der Waals surface area contributed by atoms with Gasteiger partial charge >= 0.3 is 17.9 Å². The van der Waals surface area contributed by atoms with Crippen LogP contribution in [0.15, 0.2) is 60.8 Å². The van der Waals surface area contributed by atoms with E-state index in [0.29, 0.717) is 19.3 Å². The van der Waals surface area contributed by atoms with Gasteiger partial charge in [-0.1, -0.05) is 268 Å². The molecule has 1 atom stereocenters. The molecule has 1 unspecified atom stereocenters. The van der Waals surface area contributed by atoms with Gasteiger partial charge in [0, 0.05) is 19.3 Å². The van der Waals surface area contributed by atoms with Crippen LogP contribution in [-0.2, 0) is 28.6 Å². The molecule has 0 aromatic heterocycles. The molecule has 0 aliphatic heterocycles. The Hall–Kier alpha value is -2.89. The van der Waals surface area contributed by atoms with Gasteiger partial charge in [-0.15, -0.1) is 0 Å². The molecule has 0 aromatic carbocycles. The number of carbonyl (C=O) groups is 3. The summed E-state index contributed by atoms with van der Waals surface area (Å²) in [5.74, 6) is -0.883. The molecule has 6 heteroatoms. The molecule has 0 saturated carbocycles. The summed E-state index contributed by atoms with van der Waals surface area (Å²) < 4.78 is 16.9. The number of rotatable bonds is 59. The molecule has 0 aromatic rings. The van der Waals surface area contributed by atoms with Crippen LogP contribution >= 0.6 is 0 Å². The van der Waals surface area contributed by atoms with E-state index in [1.165, 1.54) is 205 Å².